The van der Waals surface area contributed by atoms with Gasteiger partial charge in [-0.3, -0.25) is 14.8 Å². The van der Waals surface area contributed by atoms with E-state index in [-0.39, 0.29) is 11.4 Å². The molecule has 9 nitrogen and oxygen atoms in total. The summed E-state index contributed by atoms with van der Waals surface area (Å²) in [5.41, 5.74) is 3.00. The standard InChI is InChI=1S/C25H25FN6O3/c1-34-21-4-2-3-19(26)25(21)32-22(33)13-20-24(29-32)23(28-27-20)16-5-7-17(8-6-16)31-10-9-30-11-12-35-15-18(30)14-31/h2-8,13,18,27H,9-12,14-15H2,1H3/t18-/m0/s1. The van der Waals surface area contributed by atoms with E-state index in [1.807, 2.05) is 12.1 Å². The summed E-state index contributed by atoms with van der Waals surface area (Å²) >= 11 is 0. The highest BCUT2D eigenvalue weighted by atomic mass is 19.1. The van der Waals surface area contributed by atoms with E-state index in [0.29, 0.717) is 22.8 Å². The SMILES string of the molecule is COc1cccc(F)c1-n1nc2c(-c3ccc(N4CCN5CCOC[C@@H]5C4)cc3)n[nH]c2cc1=O. The van der Waals surface area contributed by atoms with Crippen molar-refractivity contribution in [1.29, 1.82) is 0 Å². The summed E-state index contributed by atoms with van der Waals surface area (Å²) in [6, 6.07) is 14.3. The lowest BCUT2D eigenvalue weighted by Crippen LogP contribution is -2.58. The van der Waals surface area contributed by atoms with Crippen LogP contribution in [0.2, 0.25) is 0 Å². The van der Waals surface area contributed by atoms with Crippen molar-refractivity contribution < 1.29 is 13.9 Å². The summed E-state index contributed by atoms with van der Waals surface area (Å²) in [5.74, 6) is -0.382. The molecular formula is C25H25FN6O3. The number of hydrogen-bond acceptors (Lipinski definition) is 7. The molecule has 4 heterocycles. The van der Waals surface area contributed by atoms with Gasteiger partial charge >= 0.3 is 0 Å². The van der Waals surface area contributed by atoms with Crippen LogP contribution in [0.25, 0.3) is 28.0 Å². The van der Waals surface area contributed by atoms with Crippen LogP contribution in [0.5, 0.6) is 5.75 Å². The average molecular weight is 477 g/mol. The number of benzene rings is 2. The number of H-pyrrole nitrogens is 1. The first-order valence-corrected chi connectivity index (χ1v) is 11.6. The van der Waals surface area contributed by atoms with Gasteiger partial charge in [0.05, 0.1) is 31.9 Å². The predicted molar refractivity (Wildman–Crippen MR) is 130 cm³/mol. The fourth-order valence-corrected chi connectivity index (χ4v) is 4.92. The Morgan fingerprint density at radius 2 is 2.00 bits per heavy atom. The summed E-state index contributed by atoms with van der Waals surface area (Å²) in [6.45, 7) is 5.52. The Balaban J connectivity index is 1.34. The van der Waals surface area contributed by atoms with Gasteiger partial charge in [-0.25, -0.2) is 4.39 Å². The molecule has 0 radical (unpaired) electrons. The van der Waals surface area contributed by atoms with E-state index in [4.69, 9.17) is 9.47 Å². The minimum Gasteiger partial charge on any atom is -0.494 e. The molecule has 4 aromatic rings. The first-order chi connectivity index (χ1) is 17.1. The number of morpholine rings is 1. The van der Waals surface area contributed by atoms with Crippen molar-refractivity contribution in [2.45, 2.75) is 6.04 Å². The molecule has 0 saturated carbocycles. The molecule has 0 spiro atoms. The highest BCUT2D eigenvalue weighted by Gasteiger charge is 2.29. The summed E-state index contributed by atoms with van der Waals surface area (Å²) in [4.78, 5) is 17.6. The van der Waals surface area contributed by atoms with Gasteiger partial charge in [-0.15, -0.1) is 0 Å². The van der Waals surface area contributed by atoms with Crippen LogP contribution in [0.4, 0.5) is 10.1 Å². The minimum absolute atomic E-state index is 0.0322. The molecule has 0 aliphatic carbocycles. The van der Waals surface area contributed by atoms with Gasteiger partial charge in [-0.1, -0.05) is 18.2 Å². The summed E-state index contributed by atoms with van der Waals surface area (Å²) in [5, 5.41) is 11.7. The molecule has 2 saturated heterocycles. The van der Waals surface area contributed by atoms with Gasteiger partial charge in [0.2, 0.25) is 0 Å². The van der Waals surface area contributed by atoms with E-state index in [0.717, 1.165) is 55.3 Å². The molecule has 1 atom stereocenters. The molecule has 2 aromatic heterocycles. The van der Waals surface area contributed by atoms with Crippen molar-refractivity contribution in [3.05, 3.63) is 64.7 Å². The molecule has 10 heteroatoms. The second-order valence-corrected chi connectivity index (χ2v) is 8.78. The number of anilines is 1. The molecular weight excluding hydrogens is 451 g/mol. The summed E-state index contributed by atoms with van der Waals surface area (Å²) < 4.78 is 26.6. The van der Waals surface area contributed by atoms with Crippen molar-refractivity contribution in [2.75, 3.05) is 51.4 Å². The number of para-hydroxylation sites is 1. The smallest absolute Gasteiger partial charge is 0.273 e. The number of rotatable bonds is 4. The molecule has 180 valence electrons. The lowest BCUT2D eigenvalue weighted by atomic mass is 10.1. The van der Waals surface area contributed by atoms with Crippen LogP contribution in [0.1, 0.15) is 0 Å². The number of ether oxygens (including phenoxy) is 2. The second kappa shape index (κ2) is 8.79. The number of methoxy groups -OCH3 is 1. The average Bonchev–Trinajstić information content (AvgIpc) is 3.30. The van der Waals surface area contributed by atoms with E-state index in [1.54, 1.807) is 6.07 Å². The Morgan fingerprint density at radius 1 is 1.14 bits per heavy atom. The van der Waals surface area contributed by atoms with E-state index in [9.17, 15) is 9.18 Å². The number of fused-ring (bicyclic) bond motifs is 2. The minimum atomic E-state index is -0.601. The van der Waals surface area contributed by atoms with Gasteiger partial charge in [0.25, 0.3) is 5.56 Å². The van der Waals surface area contributed by atoms with Crippen molar-refractivity contribution >= 4 is 16.7 Å². The molecule has 2 fully saturated rings. The molecule has 2 aliphatic rings. The number of hydrogen-bond donors (Lipinski definition) is 1. The molecule has 1 N–H and O–H groups in total. The number of halogens is 1. The Kier molecular flexibility index (Phi) is 5.46. The monoisotopic (exact) mass is 476 g/mol. The third-order valence-corrected chi connectivity index (χ3v) is 6.77. The van der Waals surface area contributed by atoms with E-state index >= 15 is 0 Å². The third kappa shape index (κ3) is 3.84. The van der Waals surface area contributed by atoms with Crippen LogP contribution >= 0.6 is 0 Å². The molecule has 0 unspecified atom stereocenters. The van der Waals surface area contributed by atoms with Gasteiger partial charge in [-0.05, 0) is 24.3 Å². The van der Waals surface area contributed by atoms with Crippen molar-refractivity contribution in [1.82, 2.24) is 24.9 Å². The van der Waals surface area contributed by atoms with Crippen molar-refractivity contribution in [3.63, 3.8) is 0 Å². The summed E-state index contributed by atoms with van der Waals surface area (Å²) in [7, 11) is 1.42. The lowest BCUT2D eigenvalue weighted by molar-refractivity contribution is -0.0116. The number of nitrogens with one attached hydrogen (secondary N) is 1. The zero-order chi connectivity index (χ0) is 23.9. The van der Waals surface area contributed by atoms with Gasteiger partial charge < -0.3 is 14.4 Å². The lowest BCUT2D eigenvalue weighted by Gasteiger charge is -2.44. The van der Waals surface area contributed by atoms with E-state index in [1.165, 1.54) is 25.3 Å². The number of piperazine rings is 1. The topological polar surface area (TPSA) is 88.5 Å². The van der Waals surface area contributed by atoms with Crippen LogP contribution in [0.15, 0.2) is 53.3 Å². The van der Waals surface area contributed by atoms with Crippen LogP contribution in [-0.4, -0.2) is 77.4 Å². The quantitative estimate of drug-likeness (QED) is 0.484. The maximum absolute atomic E-state index is 14.7. The largest absolute Gasteiger partial charge is 0.494 e. The molecule has 6 rings (SSSR count). The molecule has 2 aliphatic heterocycles. The molecule has 2 aromatic carbocycles. The van der Waals surface area contributed by atoms with Gasteiger partial charge in [0, 0.05) is 43.5 Å². The van der Waals surface area contributed by atoms with Crippen molar-refractivity contribution in [3.8, 4) is 22.7 Å². The van der Waals surface area contributed by atoms with Crippen LogP contribution < -0.4 is 15.2 Å². The molecule has 0 bridgehead atoms. The fourth-order valence-electron chi connectivity index (χ4n) is 4.92. The van der Waals surface area contributed by atoms with Gasteiger partial charge in [-0.2, -0.15) is 14.9 Å². The predicted octanol–water partition coefficient (Wildman–Crippen LogP) is 2.44. The Morgan fingerprint density at radius 3 is 2.83 bits per heavy atom. The Labute approximate surface area is 200 Å². The number of aromatic amines is 1. The first kappa shape index (κ1) is 21.8. The van der Waals surface area contributed by atoms with E-state index < -0.39 is 11.4 Å². The molecule has 0 amide bonds. The van der Waals surface area contributed by atoms with Crippen LogP contribution in [0, 0.1) is 5.82 Å². The Hall–Kier alpha value is -3.76. The van der Waals surface area contributed by atoms with E-state index in [2.05, 4.69) is 37.2 Å². The van der Waals surface area contributed by atoms with Crippen LogP contribution in [0.3, 0.4) is 0 Å². The maximum Gasteiger partial charge on any atom is 0.273 e. The first-order valence-electron chi connectivity index (χ1n) is 11.6. The zero-order valence-electron chi connectivity index (χ0n) is 19.3. The molecule has 35 heavy (non-hydrogen) atoms. The Bertz CT molecular complexity index is 1430. The number of aromatic nitrogens is 4. The maximum atomic E-state index is 14.7. The van der Waals surface area contributed by atoms with Gasteiger partial charge in [0.15, 0.2) is 5.82 Å². The normalized spacial score (nSPS) is 18.6. The van der Waals surface area contributed by atoms with Crippen LogP contribution in [-0.2, 0) is 4.74 Å². The zero-order valence-corrected chi connectivity index (χ0v) is 19.3. The highest BCUT2D eigenvalue weighted by molar-refractivity contribution is 5.89. The third-order valence-electron chi connectivity index (χ3n) is 6.77. The number of nitrogens with zero attached hydrogens (tertiary/aromatic N) is 5. The van der Waals surface area contributed by atoms with Crippen molar-refractivity contribution in [2.24, 2.45) is 0 Å². The highest BCUT2D eigenvalue weighted by Crippen LogP contribution is 2.29. The van der Waals surface area contributed by atoms with Gasteiger partial charge in [0.1, 0.15) is 22.6 Å². The summed E-state index contributed by atoms with van der Waals surface area (Å²) in [6.07, 6.45) is 0. The second-order valence-electron chi connectivity index (χ2n) is 8.78. The fraction of sp³-hybridized carbons (Fsp3) is 0.320.